The van der Waals surface area contributed by atoms with Crippen molar-refractivity contribution in [1.82, 2.24) is 0 Å². The van der Waals surface area contributed by atoms with E-state index in [0.29, 0.717) is 0 Å². The van der Waals surface area contributed by atoms with E-state index in [0.717, 1.165) is 5.92 Å². The van der Waals surface area contributed by atoms with Crippen molar-refractivity contribution in [2.45, 2.75) is 59.8 Å². The molecule has 0 aliphatic carbocycles. The Balaban J connectivity index is 3.45. The maximum atomic E-state index is 2.34. The van der Waals surface area contributed by atoms with Gasteiger partial charge in [0.2, 0.25) is 0 Å². The maximum Gasteiger partial charge on any atom is -0.0325 e. The minimum absolute atomic E-state index is 0.832. The third-order valence-corrected chi connectivity index (χ3v) is 2.37. The summed E-state index contributed by atoms with van der Waals surface area (Å²) in [4.78, 5) is 0. The second-order valence-electron chi connectivity index (χ2n) is 4.46. The molecule has 0 aromatic rings. The van der Waals surface area contributed by atoms with Crippen molar-refractivity contribution in [3.63, 3.8) is 0 Å². The summed E-state index contributed by atoms with van der Waals surface area (Å²) < 4.78 is 0. The first-order valence-corrected chi connectivity index (χ1v) is 5.95. The number of rotatable bonds is 7. The van der Waals surface area contributed by atoms with E-state index in [1.54, 1.807) is 0 Å². The lowest BCUT2D eigenvalue weighted by atomic mass is 10.0. The topological polar surface area (TPSA) is 0 Å². The van der Waals surface area contributed by atoms with Crippen LogP contribution in [0, 0.1) is 5.92 Å². The van der Waals surface area contributed by atoms with Crippen LogP contribution in [0.3, 0.4) is 0 Å². The molecule has 0 bridgehead atoms. The van der Waals surface area contributed by atoms with Crippen LogP contribution in [0.25, 0.3) is 0 Å². The van der Waals surface area contributed by atoms with Crippen LogP contribution in [0.4, 0.5) is 0 Å². The Morgan fingerprint density at radius 3 is 2.43 bits per heavy atom. The zero-order chi connectivity index (χ0) is 10.8. The number of hydrogen-bond donors (Lipinski definition) is 0. The Labute approximate surface area is 90.1 Å². The lowest BCUT2D eigenvalue weighted by Gasteiger charge is -2.06. The molecule has 0 aromatic heterocycles. The van der Waals surface area contributed by atoms with Gasteiger partial charge in [-0.25, -0.2) is 0 Å². The molecule has 0 unspecified atom stereocenters. The number of allylic oxidation sites excluding steroid dienone is 4. The summed E-state index contributed by atoms with van der Waals surface area (Å²) in [6.45, 7) is 8.91. The van der Waals surface area contributed by atoms with Gasteiger partial charge < -0.3 is 0 Å². The summed E-state index contributed by atoms with van der Waals surface area (Å²) in [6, 6.07) is 0. The van der Waals surface area contributed by atoms with Gasteiger partial charge in [-0.1, -0.05) is 44.1 Å². The molecule has 0 aromatic carbocycles. The van der Waals surface area contributed by atoms with Gasteiger partial charge in [0.15, 0.2) is 0 Å². The van der Waals surface area contributed by atoms with Gasteiger partial charge in [-0.05, 0) is 45.4 Å². The highest BCUT2D eigenvalue weighted by Gasteiger charge is 1.97. The fourth-order valence-electron chi connectivity index (χ4n) is 1.39. The standard InChI is InChI=1S/C14H26/c1-5-6-7-8-11-14(4)12-9-10-13(2)3/h7-8,10,14H,5-6,9,11-12H2,1-4H3/b8-7+/t14-/m1/s1. The molecule has 0 aliphatic heterocycles. The molecule has 0 spiro atoms. The lowest BCUT2D eigenvalue weighted by molar-refractivity contribution is 0.545. The van der Waals surface area contributed by atoms with E-state index >= 15 is 0 Å². The Kier molecular flexibility index (Phi) is 8.72. The first kappa shape index (κ1) is 13.5. The number of hydrogen-bond acceptors (Lipinski definition) is 0. The highest BCUT2D eigenvalue weighted by atomic mass is 14.0. The second-order valence-corrected chi connectivity index (χ2v) is 4.46. The van der Waals surface area contributed by atoms with Crippen LogP contribution < -0.4 is 0 Å². The first-order valence-electron chi connectivity index (χ1n) is 5.95. The Hall–Kier alpha value is -0.520. The summed E-state index contributed by atoms with van der Waals surface area (Å²) in [5.74, 6) is 0.832. The zero-order valence-electron chi connectivity index (χ0n) is 10.3. The number of unbranched alkanes of at least 4 members (excludes halogenated alkanes) is 1. The third-order valence-electron chi connectivity index (χ3n) is 2.37. The summed E-state index contributed by atoms with van der Waals surface area (Å²) >= 11 is 0. The van der Waals surface area contributed by atoms with Crippen LogP contribution >= 0.6 is 0 Å². The van der Waals surface area contributed by atoms with Crippen molar-refractivity contribution in [3.8, 4) is 0 Å². The van der Waals surface area contributed by atoms with Crippen LogP contribution in [-0.2, 0) is 0 Å². The highest BCUT2D eigenvalue weighted by Crippen LogP contribution is 2.12. The van der Waals surface area contributed by atoms with Crippen LogP contribution in [0.1, 0.15) is 59.8 Å². The van der Waals surface area contributed by atoms with Crippen molar-refractivity contribution in [2.24, 2.45) is 5.92 Å². The van der Waals surface area contributed by atoms with Gasteiger partial charge in [0.1, 0.15) is 0 Å². The van der Waals surface area contributed by atoms with Crippen molar-refractivity contribution >= 4 is 0 Å². The van der Waals surface area contributed by atoms with Crippen molar-refractivity contribution in [2.75, 3.05) is 0 Å². The quantitative estimate of drug-likeness (QED) is 0.494. The SMILES string of the molecule is CCC/C=C/C[C@@H](C)CCC=C(C)C. The van der Waals surface area contributed by atoms with Gasteiger partial charge in [-0.2, -0.15) is 0 Å². The average molecular weight is 194 g/mol. The van der Waals surface area contributed by atoms with E-state index in [-0.39, 0.29) is 0 Å². The van der Waals surface area contributed by atoms with E-state index in [1.165, 1.54) is 37.7 Å². The summed E-state index contributed by atoms with van der Waals surface area (Å²) in [5.41, 5.74) is 1.44. The molecule has 0 nitrogen and oxygen atoms in total. The monoisotopic (exact) mass is 194 g/mol. The van der Waals surface area contributed by atoms with Gasteiger partial charge in [0.25, 0.3) is 0 Å². The summed E-state index contributed by atoms with van der Waals surface area (Å²) in [6.07, 6.45) is 13.3. The second kappa shape index (κ2) is 9.05. The van der Waals surface area contributed by atoms with Crippen molar-refractivity contribution < 1.29 is 0 Å². The molecule has 82 valence electrons. The summed E-state index contributed by atoms with van der Waals surface area (Å²) in [5, 5.41) is 0. The van der Waals surface area contributed by atoms with E-state index < -0.39 is 0 Å². The van der Waals surface area contributed by atoms with Crippen molar-refractivity contribution in [3.05, 3.63) is 23.8 Å². The minimum atomic E-state index is 0.832. The molecular formula is C14H26. The smallest absolute Gasteiger partial charge is 0.0325 e. The minimum Gasteiger partial charge on any atom is -0.0885 e. The van der Waals surface area contributed by atoms with Crippen LogP contribution in [0.15, 0.2) is 23.8 Å². The predicted octanol–water partition coefficient (Wildman–Crippen LogP) is 5.12. The highest BCUT2D eigenvalue weighted by molar-refractivity contribution is 4.93. The van der Waals surface area contributed by atoms with E-state index in [4.69, 9.17) is 0 Å². The molecule has 14 heavy (non-hydrogen) atoms. The van der Waals surface area contributed by atoms with Gasteiger partial charge in [0, 0.05) is 0 Å². The fourth-order valence-corrected chi connectivity index (χ4v) is 1.39. The molecule has 0 heterocycles. The lowest BCUT2D eigenvalue weighted by Crippen LogP contribution is -1.91. The fraction of sp³-hybridized carbons (Fsp3) is 0.714. The largest absolute Gasteiger partial charge is 0.0885 e. The molecule has 0 saturated heterocycles. The van der Waals surface area contributed by atoms with Crippen molar-refractivity contribution in [1.29, 1.82) is 0 Å². The predicted molar refractivity (Wildman–Crippen MR) is 66.5 cm³/mol. The Bertz CT molecular complexity index is 170. The van der Waals surface area contributed by atoms with Gasteiger partial charge in [-0.3, -0.25) is 0 Å². The van der Waals surface area contributed by atoms with E-state index in [1.807, 2.05) is 0 Å². The molecule has 0 radical (unpaired) electrons. The molecule has 1 atom stereocenters. The average Bonchev–Trinajstić information content (AvgIpc) is 2.12. The first-order chi connectivity index (χ1) is 6.66. The summed E-state index contributed by atoms with van der Waals surface area (Å²) in [7, 11) is 0. The van der Waals surface area contributed by atoms with Crippen LogP contribution in [-0.4, -0.2) is 0 Å². The molecule has 0 rings (SSSR count). The normalized spacial score (nSPS) is 13.1. The van der Waals surface area contributed by atoms with E-state index in [9.17, 15) is 0 Å². The zero-order valence-corrected chi connectivity index (χ0v) is 10.3. The Morgan fingerprint density at radius 1 is 1.14 bits per heavy atom. The Morgan fingerprint density at radius 2 is 1.86 bits per heavy atom. The molecule has 0 aliphatic rings. The van der Waals surface area contributed by atoms with Gasteiger partial charge in [0.05, 0.1) is 0 Å². The molecule has 0 N–H and O–H groups in total. The van der Waals surface area contributed by atoms with Gasteiger partial charge >= 0.3 is 0 Å². The van der Waals surface area contributed by atoms with Crippen LogP contribution in [0.5, 0.6) is 0 Å². The molecule has 0 fully saturated rings. The molecule has 0 amide bonds. The van der Waals surface area contributed by atoms with E-state index in [2.05, 4.69) is 45.9 Å². The van der Waals surface area contributed by atoms with Crippen LogP contribution in [0.2, 0.25) is 0 Å². The molecular weight excluding hydrogens is 168 g/mol. The van der Waals surface area contributed by atoms with Gasteiger partial charge in [-0.15, -0.1) is 0 Å². The maximum absolute atomic E-state index is 2.34. The molecule has 0 saturated carbocycles. The molecule has 0 heteroatoms. The third kappa shape index (κ3) is 9.57.